The first kappa shape index (κ1) is 16.4. The number of sulfonamides is 1. The lowest BCUT2D eigenvalue weighted by Gasteiger charge is -2.24. The molecule has 2 N–H and O–H groups in total. The third kappa shape index (κ3) is 2.97. The molecule has 0 saturated carbocycles. The van der Waals surface area contributed by atoms with Crippen molar-refractivity contribution in [1.82, 2.24) is 4.31 Å². The van der Waals surface area contributed by atoms with Crippen LogP contribution in [0.25, 0.3) is 10.1 Å². The van der Waals surface area contributed by atoms with Crippen LogP contribution in [0.1, 0.15) is 11.8 Å². The molecule has 0 aliphatic rings. The highest BCUT2D eigenvalue weighted by Crippen LogP contribution is 2.36. The molecule has 116 valence electrons. The van der Waals surface area contributed by atoms with Crippen molar-refractivity contribution in [1.29, 1.82) is 0 Å². The number of fused-ring (bicyclic) bond motifs is 1. The fraction of sp³-hybridized carbons (Fsp3) is 0.429. The Morgan fingerprint density at radius 3 is 2.67 bits per heavy atom. The van der Waals surface area contributed by atoms with E-state index in [0.717, 1.165) is 10.1 Å². The van der Waals surface area contributed by atoms with E-state index >= 15 is 0 Å². The molecule has 1 unspecified atom stereocenters. The van der Waals surface area contributed by atoms with Crippen molar-refractivity contribution in [3.05, 3.63) is 29.1 Å². The normalized spacial score (nSPS) is 14.0. The van der Waals surface area contributed by atoms with Crippen LogP contribution in [0.5, 0.6) is 0 Å². The quantitative estimate of drug-likeness (QED) is 0.880. The van der Waals surface area contributed by atoms with Gasteiger partial charge in [-0.25, -0.2) is 8.42 Å². The van der Waals surface area contributed by atoms with Gasteiger partial charge in [-0.1, -0.05) is 18.2 Å². The minimum absolute atomic E-state index is 0.209. The molecular formula is C14H20N2O3S2. The van der Waals surface area contributed by atoms with E-state index in [2.05, 4.69) is 0 Å². The van der Waals surface area contributed by atoms with Crippen molar-refractivity contribution in [2.24, 2.45) is 5.73 Å². The summed E-state index contributed by atoms with van der Waals surface area (Å²) in [5.74, 6) is 0. The maximum atomic E-state index is 12.9. The van der Waals surface area contributed by atoms with Crippen molar-refractivity contribution in [2.75, 3.05) is 20.8 Å². The SMILES string of the molecule is COCC(C)N(C)S(=O)(=O)c1c(CN)sc2ccccc12. The number of thiophene rings is 1. The zero-order valence-electron chi connectivity index (χ0n) is 12.4. The van der Waals surface area contributed by atoms with Crippen LogP contribution in [-0.2, 0) is 21.3 Å². The number of nitrogens with two attached hydrogens (primary N) is 1. The largest absolute Gasteiger partial charge is 0.383 e. The fourth-order valence-electron chi connectivity index (χ4n) is 2.22. The molecular weight excluding hydrogens is 308 g/mol. The highest BCUT2D eigenvalue weighted by molar-refractivity contribution is 7.89. The Hall–Kier alpha value is -0.990. The Morgan fingerprint density at radius 2 is 2.05 bits per heavy atom. The van der Waals surface area contributed by atoms with E-state index in [1.165, 1.54) is 15.6 Å². The van der Waals surface area contributed by atoms with Gasteiger partial charge in [0.2, 0.25) is 10.0 Å². The van der Waals surface area contributed by atoms with Crippen LogP contribution in [0, 0.1) is 0 Å². The van der Waals surface area contributed by atoms with Gasteiger partial charge in [0, 0.05) is 41.7 Å². The molecule has 0 aliphatic carbocycles. The number of ether oxygens (including phenoxy) is 1. The van der Waals surface area contributed by atoms with Gasteiger partial charge in [-0.2, -0.15) is 4.31 Å². The molecule has 1 aromatic heterocycles. The maximum Gasteiger partial charge on any atom is 0.244 e. The molecule has 0 bridgehead atoms. The molecule has 1 atom stereocenters. The van der Waals surface area contributed by atoms with E-state index in [-0.39, 0.29) is 12.6 Å². The average Bonchev–Trinajstić information content (AvgIpc) is 2.85. The van der Waals surface area contributed by atoms with Crippen molar-refractivity contribution in [2.45, 2.75) is 24.4 Å². The summed E-state index contributed by atoms with van der Waals surface area (Å²) in [6.07, 6.45) is 0. The fourth-order valence-corrected chi connectivity index (χ4v) is 5.35. The molecule has 5 nitrogen and oxygen atoms in total. The monoisotopic (exact) mass is 328 g/mol. The van der Waals surface area contributed by atoms with E-state index < -0.39 is 10.0 Å². The smallest absolute Gasteiger partial charge is 0.244 e. The van der Waals surface area contributed by atoms with E-state index in [0.29, 0.717) is 16.4 Å². The zero-order chi connectivity index (χ0) is 15.6. The van der Waals surface area contributed by atoms with E-state index in [4.69, 9.17) is 10.5 Å². The number of hydrogen-bond donors (Lipinski definition) is 1. The van der Waals surface area contributed by atoms with Gasteiger partial charge in [0.25, 0.3) is 0 Å². The zero-order valence-corrected chi connectivity index (χ0v) is 14.0. The van der Waals surface area contributed by atoms with Crippen LogP contribution in [0.2, 0.25) is 0 Å². The summed E-state index contributed by atoms with van der Waals surface area (Å²) in [6, 6.07) is 7.23. The van der Waals surface area contributed by atoms with Crippen molar-refractivity contribution in [3.8, 4) is 0 Å². The number of nitrogens with zero attached hydrogens (tertiary/aromatic N) is 1. The number of benzene rings is 1. The maximum absolute atomic E-state index is 12.9. The molecule has 2 aromatic rings. The minimum Gasteiger partial charge on any atom is -0.383 e. The van der Waals surface area contributed by atoms with E-state index in [1.807, 2.05) is 31.2 Å². The Balaban J connectivity index is 2.59. The summed E-state index contributed by atoms with van der Waals surface area (Å²) in [5, 5.41) is 0.736. The standard InChI is InChI=1S/C14H20N2O3S2/c1-10(9-19-3)16(2)21(17,18)14-11-6-4-5-7-12(11)20-13(14)8-15/h4-7,10H,8-9,15H2,1-3H3. The van der Waals surface area contributed by atoms with Gasteiger partial charge in [-0.15, -0.1) is 11.3 Å². The molecule has 1 heterocycles. The predicted octanol–water partition coefficient (Wildman–Crippen LogP) is 2.02. The third-order valence-electron chi connectivity index (χ3n) is 3.47. The Kier molecular flexibility index (Phi) is 5.00. The molecule has 21 heavy (non-hydrogen) atoms. The Labute approximate surface area is 129 Å². The molecule has 0 amide bonds. The highest BCUT2D eigenvalue weighted by Gasteiger charge is 2.30. The van der Waals surface area contributed by atoms with E-state index in [9.17, 15) is 8.42 Å². The molecule has 7 heteroatoms. The van der Waals surface area contributed by atoms with Gasteiger partial charge in [-0.3, -0.25) is 0 Å². The number of likely N-dealkylation sites (N-methyl/N-ethyl adjacent to an activating group) is 1. The van der Waals surface area contributed by atoms with Gasteiger partial charge >= 0.3 is 0 Å². The number of rotatable bonds is 6. The van der Waals surface area contributed by atoms with Gasteiger partial charge in [0.15, 0.2) is 0 Å². The molecule has 0 radical (unpaired) electrons. The van der Waals surface area contributed by atoms with Crippen LogP contribution >= 0.6 is 11.3 Å². The predicted molar refractivity (Wildman–Crippen MR) is 86.0 cm³/mol. The topological polar surface area (TPSA) is 72.6 Å². The van der Waals surface area contributed by atoms with Gasteiger partial charge in [0.05, 0.1) is 6.61 Å². The second-order valence-corrected chi connectivity index (χ2v) is 7.95. The summed E-state index contributed by atoms with van der Waals surface area (Å²) < 4.78 is 33.2. The molecule has 0 spiro atoms. The summed E-state index contributed by atoms with van der Waals surface area (Å²) in [4.78, 5) is 1.02. The summed E-state index contributed by atoms with van der Waals surface area (Å²) >= 11 is 1.43. The van der Waals surface area contributed by atoms with Crippen LogP contribution in [0.15, 0.2) is 29.2 Å². The van der Waals surface area contributed by atoms with Crippen LogP contribution in [-0.4, -0.2) is 39.5 Å². The third-order valence-corrected chi connectivity index (χ3v) is 6.89. The molecule has 0 aliphatic heterocycles. The summed E-state index contributed by atoms with van der Waals surface area (Å²) in [5.41, 5.74) is 5.75. The number of methoxy groups -OCH3 is 1. The second kappa shape index (κ2) is 6.41. The first-order chi connectivity index (χ1) is 9.93. The van der Waals surface area contributed by atoms with Gasteiger partial charge in [0.1, 0.15) is 4.90 Å². The van der Waals surface area contributed by atoms with Crippen molar-refractivity contribution < 1.29 is 13.2 Å². The molecule has 0 fully saturated rings. The highest BCUT2D eigenvalue weighted by atomic mass is 32.2. The molecule has 0 saturated heterocycles. The van der Waals surface area contributed by atoms with Gasteiger partial charge in [-0.05, 0) is 13.0 Å². The van der Waals surface area contributed by atoms with Crippen LogP contribution in [0.3, 0.4) is 0 Å². The Morgan fingerprint density at radius 1 is 1.38 bits per heavy atom. The van der Waals surface area contributed by atoms with Crippen molar-refractivity contribution in [3.63, 3.8) is 0 Å². The van der Waals surface area contributed by atoms with Gasteiger partial charge < -0.3 is 10.5 Å². The first-order valence-corrected chi connectivity index (χ1v) is 8.86. The van der Waals surface area contributed by atoms with Crippen LogP contribution in [0.4, 0.5) is 0 Å². The minimum atomic E-state index is -3.60. The first-order valence-electron chi connectivity index (χ1n) is 6.61. The summed E-state index contributed by atoms with van der Waals surface area (Å²) in [7, 11) is -0.470. The molecule has 1 aromatic carbocycles. The van der Waals surface area contributed by atoms with Crippen LogP contribution < -0.4 is 5.73 Å². The van der Waals surface area contributed by atoms with E-state index in [1.54, 1.807) is 14.2 Å². The lowest BCUT2D eigenvalue weighted by Crippen LogP contribution is -2.38. The molecule has 2 rings (SSSR count). The van der Waals surface area contributed by atoms with Crippen molar-refractivity contribution >= 4 is 31.4 Å². The lowest BCUT2D eigenvalue weighted by molar-refractivity contribution is 0.149. The summed E-state index contributed by atoms with van der Waals surface area (Å²) in [6.45, 7) is 2.37. The Bertz CT molecular complexity index is 725. The average molecular weight is 328 g/mol. The number of hydrogen-bond acceptors (Lipinski definition) is 5. The second-order valence-electron chi connectivity index (χ2n) is 4.88. The lowest BCUT2D eigenvalue weighted by atomic mass is 10.2.